The smallest absolute Gasteiger partial charge is 0.252 e. The van der Waals surface area contributed by atoms with Crippen LogP contribution in [0.5, 0.6) is 0 Å². The Hall–Kier alpha value is -1.43. The summed E-state index contributed by atoms with van der Waals surface area (Å²) in [7, 11) is 0. The van der Waals surface area contributed by atoms with Crippen LogP contribution in [0.4, 0.5) is 0 Å². The van der Waals surface area contributed by atoms with Crippen molar-refractivity contribution < 1.29 is 14.4 Å². The van der Waals surface area contributed by atoms with Crippen molar-refractivity contribution in [3.05, 3.63) is 0 Å². The molecule has 1 saturated heterocycles. The van der Waals surface area contributed by atoms with E-state index in [-0.39, 0.29) is 30.2 Å². The van der Waals surface area contributed by atoms with Crippen LogP contribution in [-0.4, -0.2) is 40.2 Å². The van der Waals surface area contributed by atoms with Crippen LogP contribution >= 0.6 is 0 Å². The van der Waals surface area contributed by atoms with Crippen LogP contribution in [0.2, 0.25) is 0 Å². The zero-order chi connectivity index (χ0) is 14.2. The number of nitrogens with zero attached hydrogens (tertiary/aromatic N) is 1. The maximum absolute atomic E-state index is 12.1. The van der Waals surface area contributed by atoms with Crippen LogP contribution in [0.1, 0.15) is 46.0 Å². The molecule has 1 saturated carbocycles. The minimum atomic E-state index is -0.866. The Bertz CT molecular complexity index is 413. The highest BCUT2D eigenvalue weighted by Crippen LogP contribution is 2.28. The van der Waals surface area contributed by atoms with Gasteiger partial charge in [-0.2, -0.15) is 0 Å². The van der Waals surface area contributed by atoms with Crippen molar-refractivity contribution in [2.75, 3.05) is 0 Å². The third-order valence-corrected chi connectivity index (χ3v) is 3.95. The van der Waals surface area contributed by atoms with Gasteiger partial charge in [0.1, 0.15) is 6.04 Å². The summed E-state index contributed by atoms with van der Waals surface area (Å²) < 4.78 is 0. The van der Waals surface area contributed by atoms with E-state index in [9.17, 15) is 14.4 Å². The Balaban J connectivity index is 2.03. The Morgan fingerprint density at radius 2 is 1.95 bits per heavy atom. The molecule has 6 heteroatoms. The molecule has 1 unspecified atom stereocenters. The fraction of sp³-hybridized carbons (Fsp3) is 0.769. The molecule has 6 nitrogen and oxygen atoms in total. The summed E-state index contributed by atoms with van der Waals surface area (Å²) in [5.74, 6) is -0.862. The number of nitrogens with two attached hydrogens (primary N) is 1. The second kappa shape index (κ2) is 4.92. The number of carbonyl (C=O) groups is 3. The van der Waals surface area contributed by atoms with Gasteiger partial charge in [-0.15, -0.1) is 0 Å². The number of carbonyl (C=O) groups excluding carboxylic acids is 3. The number of nitrogens with one attached hydrogen (secondary N) is 1. The van der Waals surface area contributed by atoms with E-state index in [1.54, 1.807) is 13.8 Å². The van der Waals surface area contributed by atoms with Crippen molar-refractivity contribution in [1.82, 2.24) is 10.2 Å². The molecule has 2 fully saturated rings. The topological polar surface area (TPSA) is 92.5 Å². The lowest BCUT2D eigenvalue weighted by molar-refractivity contribution is -0.141. The minimum absolute atomic E-state index is 0.0405. The minimum Gasteiger partial charge on any atom is -0.342 e. The van der Waals surface area contributed by atoms with Gasteiger partial charge in [0.25, 0.3) is 5.91 Å². The van der Waals surface area contributed by atoms with Crippen LogP contribution in [-0.2, 0) is 14.4 Å². The molecule has 1 aliphatic carbocycles. The highest BCUT2D eigenvalue weighted by molar-refractivity contribution is 6.07. The standard InChI is InChI=1S/C13H21N3O3/c1-8(2)16-10(17)7-9(11(16)18)15-12(19)13(14)5-3-4-6-13/h8-9H,3-7,14H2,1-2H3,(H,15,19). The summed E-state index contributed by atoms with van der Waals surface area (Å²) in [6.45, 7) is 3.56. The molecule has 0 radical (unpaired) electrons. The second-order valence-corrected chi connectivity index (χ2v) is 5.79. The molecule has 19 heavy (non-hydrogen) atoms. The van der Waals surface area contributed by atoms with E-state index in [1.165, 1.54) is 4.90 Å². The van der Waals surface area contributed by atoms with Gasteiger partial charge in [-0.25, -0.2) is 0 Å². The first-order valence-electron chi connectivity index (χ1n) is 6.81. The Morgan fingerprint density at radius 1 is 1.37 bits per heavy atom. The number of imide groups is 1. The molecule has 0 aromatic carbocycles. The highest BCUT2D eigenvalue weighted by Gasteiger charge is 2.44. The Morgan fingerprint density at radius 3 is 2.42 bits per heavy atom. The SMILES string of the molecule is CC(C)N1C(=O)CC(NC(=O)C2(N)CCCC2)C1=O. The van der Waals surface area contributed by atoms with Gasteiger partial charge in [-0.05, 0) is 26.7 Å². The first-order chi connectivity index (χ1) is 8.85. The van der Waals surface area contributed by atoms with Crippen molar-refractivity contribution in [3.8, 4) is 0 Å². The summed E-state index contributed by atoms with van der Waals surface area (Å²) >= 11 is 0. The number of likely N-dealkylation sites (tertiary alicyclic amines) is 1. The van der Waals surface area contributed by atoms with E-state index in [1.807, 2.05) is 0 Å². The van der Waals surface area contributed by atoms with E-state index in [0.29, 0.717) is 12.8 Å². The van der Waals surface area contributed by atoms with Crippen LogP contribution in [0, 0.1) is 0 Å². The summed E-state index contributed by atoms with van der Waals surface area (Å²) in [6.07, 6.45) is 3.18. The molecule has 0 spiro atoms. The molecule has 0 bridgehead atoms. The van der Waals surface area contributed by atoms with Gasteiger partial charge in [0.15, 0.2) is 0 Å². The summed E-state index contributed by atoms with van der Waals surface area (Å²) in [5.41, 5.74) is 5.17. The van der Waals surface area contributed by atoms with Crippen LogP contribution in [0.15, 0.2) is 0 Å². The molecule has 2 aliphatic rings. The second-order valence-electron chi connectivity index (χ2n) is 5.79. The van der Waals surface area contributed by atoms with E-state index in [2.05, 4.69) is 5.32 Å². The molecule has 3 amide bonds. The van der Waals surface area contributed by atoms with E-state index < -0.39 is 11.6 Å². The molecule has 2 rings (SSSR count). The Kier molecular flexibility index (Phi) is 3.62. The monoisotopic (exact) mass is 267 g/mol. The number of hydrogen-bond acceptors (Lipinski definition) is 4. The third kappa shape index (κ3) is 2.49. The van der Waals surface area contributed by atoms with Gasteiger partial charge in [0.05, 0.1) is 12.0 Å². The molecule has 1 atom stereocenters. The molecule has 0 aromatic heterocycles. The lowest BCUT2D eigenvalue weighted by atomic mass is 9.97. The quantitative estimate of drug-likeness (QED) is 0.699. The largest absolute Gasteiger partial charge is 0.342 e. The van der Waals surface area contributed by atoms with Gasteiger partial charge >= 0.3 is 0 Å². The van der Waals surface area contributed by atoms with Gasteiger partial charge in [0, 0.05) is 6.04 Å². The molecule has 0 aromatic rings. The average molecular weight is 267 g/mol. The normalized spacial score (nSPS) is 26.3. The van der Waals surface area contributed by atoms with Crippen molar-refractivity contribution >= 4 is 17.7 Å². The highest BCUT2D eigenvalue weighted by atomic mass is 16.2. The molecule has 106 valence electrons. The van der Waals surface area contributed by atoms with Crippen molar-refractivity contribution in [3.63, 3.8) is 0 Å². The summed E-state index contributed by atoms with van der Waals surface area (Å²) in [6, 6.07) is -0.927. The maximum Gasteiger partial charge on any atom is 0.252 e. The van der Waals surface area contributed by atoms with Crippen molar-refractivity contribution in [2.45, 2.75) is 63.6 Å². The van der Waals surface area contributed by atoms with Crippen LogP contribution in [0.3, 0.4) is 0 Å². The van der Waals surface area contributed by atoms with E-state index in [0.717, 1.165) is 12.8 Å². The first-order valence-corrected chi connectivity index (χ1v) is 6.81. The molecule has 1 heterocycles. The molecular weight excluding hydrogens is 246 g/mol. The third-order valence-electron chi connectivity index (χ3n) is 3.95. The molecule has 1 aliphatic heterocycles. The average Bonchev–Trinajstić information content (AvgIpc) is 2.85. The van der Waals surface area contributed by atoms with E-state index >= 15 is 0 Å². The zero-order valence-electron chi connectivity index (χ0n) is 11.4. The van der Waals surface area contributed by atoms with Gasteiger partial charge in [0.2, 0.25) is 11.8 Å². The molecule has 3 N–H and O–H groups in total. The van der Waals surface area contributed by atoms with Crippen molar-refractivity contribution in [2.24, 2.45) is 5.73 Å². The maximum atomic E-state index is 12.1. The van der Waals surface area contributed by atoms with Gasteiger partial charge in [-0.3, -0.25) is 19.3 Å². The predicted octanol–water partition coefficient (Wildman–Crippen LogP) is -0.0900. The lowest BCUT2D eigenvalue weighted by Gasteiger charge is -2.24. The Labute approximate surface area is 112 Å². The van der Waals surface area contributed by atoms with Gasteiger partial charge < -0.3 is 11.1 Å². The summed E-state index contributed by atoms with van der Waals surface area (Å²) in [5, 5.41) is 2.65. The number of hydrogen-bond donors (Lipinski definition) is 2. The van der Waals surface area contributed by atoms with Crippen LogP contribution < -0.4 is 11.1 Å². The molecular formula is C13H21N3O3. The first kappa shape index (κ1) is 14.0. The fourth-order valence-corrected chi connectivity index (χ4v) is 2.84. The predicted molar refractivity (Wildman–Crippen MR) is 68.9 cm³/mol. The van der Waals surface area contributed by atoms with Gasteiger partial charge in [-0.1, -0.05) is 12.8 Å². The van der Waals surface area contributed by atoms with E-state index in [4.69, 9.17) is 5.73 Å². The number of amides is 3. The summed E-state index contributed by atoms with van der Waals surface area (Å²) in [4.78, 5) is 37.1. The van der Waals surface area contributed by atoms with Crippen molar-refractivity contribution in [1.29, 1.82) is 0 Å². The van der Waals surface area contributed by atoms with Crippen LogP contribution in [0.25, 0.3) is 0 Å². The fourth-order valence-electron chi connectivity index (χ4n) is 2.84. The lowest BCUT2D eigenvalue weighted by Crippen LogP contribution is -2.56. The zero-order valence-corrected chi connectivity index (χ0v) is 11.4. The number of rotatable bonds is 3.